The first-order chi connectivity index (χ1) is 16.4. The zero-order chi connectivity index (χ0) is 21.8. The first kappa shape index (κ1) is 18.2. The molecule has 0 unspecified atom stereocenters. The number of para-hydroxylation sites is 1. The summed E-state index contributed by atoms with van der Waals surface area (Å²) in [6.45, 7) is 0. The van der Waals surface area contributed by atoms with Gasteiger partial charge in [-0.1, -0.05) is 91.0 Å². The van der Waals surface area contributed by atoms with Crippen molar-refractivity contribution >= 4 is 43.4 Å². The molecule has 0 bridgehead atoms. The Labute approximate surface area is 190 Å². The van der Waals surface area contributed by atoms with Crippen LogP contribution in [0.15, 0.2) is 120 Å². The summed E-state index contributed by atoms with van der Waals surface area (Å²) in [7, 11) is 0. The van der Waals surface area contributed by atoms with E-state index >= 15 is 0 Å². The van der Waals surface area contributed by atoms with Gasteiger partial charge in [0.2, 0.25) is 0 Å². The standard InChI is InChI=1S/C31H19NO/c1-2-7-20(8-3-1)21-13-15-26-27-16-14-22(23-11-6-12-30-31(23)33-19-32-30)18-29(27)25-10-5-4-9-24(25)28(26)17-21/h1-19H. The van der Waals surface area contributed by atoms with Crippen LogP contribution in [0.4, 0.5) is 0 Å². The molecule has 2 heteroatoms. The number of fused-ring (bicyclic) bond motifs is 7. The van der Waals surface area contributed by atoms with Gasteiger partial charge in [0.05, 0.1) is 0 Å². The molecule has 0 atom stereocenters. The smallest absolute Gasteiger partial charge is 0.182 e. The molecule has 0 amide bonds. The molecule has 0 N–H and O–H groups in total. The fraction of sp³-hybridized carbons (Fsp3) is 0. The van der Waals surface area contributed by atoms with Crippen molar-refractivity contribution in [2.24, 2.45) is 0 Å². The Morgan fingerprint density at radius 3 is 1.85 bits per heavy atom. The topological polar surface area (TPSA) is 26.0 Å². The van der Waals surface area contributed by atoms with Crippen molar-refractivity contribution in [3.63, 3.8) is 0 Å². The highest BCUT2D eigenvalue weighted by Gasteiger charge is 2.13. The van der Waals surface area contributed by atoms with E-state index in [-0.39, 0.29) is 0 Å². The molecule has 0 saturated carbocycles. The fourth-order valence-corrected chi connectivity index (χ4v) is 5.05. The van der Waals surface area contributed by atoms with Crippen molar-refractivity contribution in [3.8, 4) is 22.3 Å². The van der Waals surface area contributed by atoms with Crippen LogP contribution in [0.25, 0.3) is 65.7 Å². The van der Waals surface area contributed by atoms with E-state index in [9.17, 15) is 0 Å². The highest BCUT2D eigenvalue weighted by atomic mass is 16.3. The van der Waals surface area contributed by atoms with Crippen molar-refractivity contribution < 1.29 is 4.42 Å². The molecule has 0 radical (unpaired) electrons. The quantitative estimate of drug-likeness (QED) is 0.261. The summed E-state index contributed by atoms with van der Waals surface area (Å²) in [4.78, 5) is 4.32. The van der Waals surface area contributed by atoms with Crippen LogP contribution in [-0.2, 0) is 0 Å². The van der Waals surface area contributed by atoms with Gasteiger partial charge in [-0.25, -0.2) is 4.98 Å². The maximum atomic E-state index is 5.72. The van der Waals surface area contributed by atoms with Gasteiger partial charge < -0.3 is 4.42 Å². The molecule has 0 saturated heterocycles. The molecule has 0 aliphatic heterocycles. The van der Waals surface area contributed by atoms with Crippen molar-refractivity contribution in [2.75, 3.05) is 0 Å². The van der Waals surface area contributed by atoms with Crippen molar-refractivity contribution in [3.05, 3.63) is 116 Å². The van der Waals surface area contributed by atoms with E-state index in [1.54, 1.807) is 0 Å². The van der Waals surface area contributed by atoms with Crippen LogP contribution in [-0.4, -0.2) is 4.98 Å². The largest absolute Gasteiger partial charge is 0.443 e. The van der Waals surface area contributed by atoms with Crippen molar-refractivity contribution in [1.29, 1.82) is 0 Å². The maximum absolute atomic E-state index is 5.72. The minimum Gasteiger partial charge on any atom is -0.443 e. The highest BCUT2D eigenvalue weighted by molar-refractivity contribution is 6.26. The summed E-state index contributed by atoms with van der Waals surface area (Å²) in [5.41, 5.74) is 6.38. The van der Waals surface area contributed by atoms with Gasteiger partial charge in [-0.2, -0.15) is 0 Å². The predicted octanol–water partition coefficient (Wildman–Crippen LogP) is 8.62. The molecule has 6 aromatic carbocycles. The van der Waals surface area contributed by atoms with Gasteiger partial charge in [0.1, 0.15) is 5.52 Å². The Bertz CT molecular complexity index is 1790. The molecule has 0 spiro atoms. The Morgan fingerprint density at radius 2 is 1.09 bits per heavy atom. The molecular formula is C31H19NO. The summed E-state index contributed by atoms with van der Waals surface area (Å²) >= 11 is 0. The van der Waals surface area contributed by atoms with Crippen LogP contribution in [0.2, 0.25) is 0 Å². The Balaban J connectivity index is 1.55. The molecule has 0 aliphatic rings. The summed E-state index contributed by atoms with van der Waals surface area (Å²) in [6.07, 6.45) is 1.52. The molecule has 33 heavy (non-hydrogen) atoms. The second-order valence-electron chi connectivity index (χ2n) is 8.44. The normalized spacial score (nSPS) is 11.6. The molecule has 2 nitrogen and oxygen atoms in total. The third kappa shape index (κ3) is 2.78. The van der Waals surface area contributed by atoms with Gasteiger partial charge in [0.15, 0.2) is 12.0 Å². The maximum Gasteiger partial charge on any atom is 0.182 e. The predicted molar refractivity (Wildman–Crippen MR) is 137 cm³/mol. The minimum atomic E-state index is 0.828. The van der Waals surface area contributed by atoms with Crippen LogP contribution in [0.3, 0.4) is 0 Å². The van der Waals surface area contributed by atoms with Crippen LogP contribution in [0.1, 0.15) is 0 Å². The number of aromatic nitrogens is 1. The number of benzene rings is 6. The van der Waals surface area contributed by atoms with Crippen LogP contribution in [0.5, 0.6) is 0 Å². The second kappa shape index (κ2) is 7.04. The number of rotatable bonds is 2. The Morgan fingerprint density at radius 1 is 0.455 bits per heavy atom. The van der Waals surface area contributed by atoms with E-state index in [0.29, 0.717) is 0 Å². The van der Waals surface area contributed by atoms with E-state index in [0.717, 1.165) is 22.2 Å². The number of nitrogens with zero attached hydrogens (tertiary/aromatic N) is 1. The number of hydrogen-bond donors (Lipinski definition) is 0. The van der Waals surface area contributed by atoms with Gasteiger partial charge in [0.25, 0.3) is 0 Å². The first-order valence-electron chi connectivity index (χ1n) is 11.1. The van der Waals surface area contributed by atoms with Crippen LogP contribution < -0.4 is 0 Å². The molecule has 7 rings (SSSR count). The third-order valence-electron chi connectivity index (χ3n) is 6.61. The summed E-state index contributed by atoms with van der Waals surface area (Å²) in [5, 5.41) is 7.60. The lowest BCUT2D eigenvalue weighted by atomic mass is 9.90. The van der Waals surface area contributed by atoms with Crippen LogP contribution in [0, 0.1) is 0 Å². The average Bonchev–Trinajstić information content (AvgIpc) is 3.38. The zero-order valence-electron chi connectivity index (χ0n) is 17.8. The van der Waals surface area contributed by atoms with Gasteiger partial charge >= 0.3 is 0 Å². The average molecular weight is 421 g/mol. The molecule has 0 aliphatic carbocycles. The molecule has 7 aromatic rings. The monoisotopic (exact) mass is 421 g/mol. The summed E-state index contributed by atoms with van der Waals surface area (Å²) < 4.78 is 5.72. The molecular weight excluding hydrogens is 402 g/mol. The van der Waals surface area contributed by atoms with E-state index < -0.39 is 0 Å². The fourth-order valence-electron chi connectivity index (χ4n) is 5.05. The number of hydrogen-bond acceptors (Lipinski definition) is 2. The van der Waals surface area contributed by atoms with Gasteiger partial charge in [-0.15, -0.1) is 0 Å². The van der Waals surface area contributed by atoms with E-state index in [4.69, 9.17) is 4.42 Å². The zero-order valence-corrected chi connectivity index (χ0v) is 17.8. The molecule has 1 aromatic heterocycles. The van der Waals surface area contributed by atoms with Gasteiger partial charge in [0, 0.05) is 5.56 Å². The lowest BCUT2D eigenvalue weighted by Crippen LogP contribution is -1.86. The van der Waals surface area contributed by atoms with E-state index in [1.807, 2.05) is 12.1 Å². The number of oxazole rings is 1. The summed E-state index contributed by atoms with van der Waals surface area (Å²) in [6, 6.07) is 39.0. The van der Waals surface area contributed by atoms with Gasteiger partial charge in [-0.05, 0) is 67.2 Å². The van der Waals surface area contributed by atoms with E-state index in [1.165, 1.54) is 49.8 Å². The van der Waals surface area contributed by atoms with Crippen molar-refractivity contribution in [1.82, 2.24) is 4.98 Å². The third-order valence-corrected chi connectivity index (χ3v) is 6.61. The second-order valence-corrected chi connectivity index (χ2v) is 8.44. The lowest BCUT2D eigenvalue weighted by Gasteiger charge is -2.13. The minimum absolute atomic E-state index is 0.828. The van der Waals surface area contributed by atoms with E-state index in [2.05, 4.69) is 102 Å². The van der Waals surface area contributed by atoms with Gasteiger partial charge in [-0.3, -0.25) is 0 Å². The Kier molecular flexibility index (Phi) is 3.88. The lowest BCUT2D eigenvalue weighted by molar-refractivity contribution is 0.603. The summed E-state index contributed by atoms with van der Waals surface area (Å²) in [5.74, 6) is 0. The Hall–Kier alpha value is -4.43. The molecule has 1 heterocycles. The SMILES string of the molecule is c1ccc(-c2ccc3c4ccc(-c5cccc6ncoc56)cc4c4ccccc4c3c2)cc1. The van der Waals surface area contributed by atoms with Crippen LogP contribution >= 0.6 is 0 Å². The van der Waals surface area contributed by atoms with Crippen molar-refractivity contribution in [2.45, 2.75) is 0 Å². The molecule has 0 fully saturated rings. The molecule has 154 valence electrons. The highest BCUT2D eigenvalue weighted by Crippen LogP contribution is 2.39. The first-order valence-corrected chi connectivity index (χ1v) is 11.1.